The lowest BCUT2D eigenvalue weighted by atomic mass is 9.78. The maximum absolute atomic E-state index is 14.8. The molecule has 12 heteroatoms. The van der Waals surface area contributed by atoms with Gasteiger partial charge in [-0.1, -0.05) is 42.0 Å². The van der Waals surface area contributed by atoms with Crippen LogP contribution in [0.4, 0.5) is 26.3 Å². The van der Waals surface area contributed by atoms with Crippen molar-refractivity contribution in [2.45, 2.75) is 44.1 Å². The molecule has 0 aliphatic carbocycles. The fraction of sp³-hybridized carbons (Fsp3) is 0.375. The standard InChI is InChI=1S/C24H23F6NO4S/c1-16-4-6-17(7-5-16)18-14-21(32)31(36(2,33)34)22(15-18,24(28,29)30)19-8-10-20(11-9-19)35-13-3-12-23(25,26)27/h4-11,14H,3,12-13,15H2,1-2H3/t22-/m0/s1. The van der Waals surface area contributed by atoms with E-state index < -0.39 is 52.2 Å². The smallest absolute Gasteiger partial charge is 0.417 e. The monoisotopic (exact) mass is 535 g/mol. The molecule has 0 bridgehead atoms. The fourth-order valence-electron chi connectivity index (χ4n) is 4.08. The number of rotatable bonds is 7. The van der Waals surface area contributed by atoms with Gasteiger partial charge in [0.25, 0.3) is 5.91 Å². The molecular weight excluding hydrogens is 512 g/mol. The van der Waals surface area contributed by atoms with Crippen LogP contribution < -0.4 is 4.74 Å². The normalized spacial score (nSPS) is 19.3. The summed E-state index contributed by atoms with van der Waals surface area (Å²) in [6, 6.07) is 10.5. The van der Waals surface area contributed by atoms with Crippen LogP contribution in [0.3, 0.4) is 0 Å². The van der Waals surface area contributed by atoms with Gasteiger partial charge in [-0.25, -0.2) is 12.7 Å². The minimum atomic E-state index is -5.22. The van der Waals surface area contributed by atoms with Gasteiger partial charge in [0.05, 0.1) is 12.9 Å². The molecule has 0 fully saturated rings. The Labute approximate surface area is 204 Å². The first kappa shape index (κ1) is 27.6. The Morgan fingerprint density at radius 3 is 2.06 bits per heavy atom. The molecule has 0 saturated heterocycles. The van der Waals surface area contributed by atoms with Crippen molar-refractivity contribution < 1.29 is 44.3 Å². The SMILES string of the molecule is Cc1ccc(C2=CC(=O)N(S(C)(=O)=O)[C@@](c3ccc(OCCCC(F)(F)F)cc3)(C(F)(F)F)C2)cc1. The quantitative estimate of drug-likeness (QED) is 0.335. The van der Waals surface area contributed by atoms with Crippen LogP contribution in [0.25, 0.3) is 5.57 Å². The number of ether oxygens (including phenoxy) is 1. The van der Waals surface area contributed by atoms with E-state index in [1.54, 1.807) is 31.2 Å². The van der Waals surface area contributed by atoms with Gasteiger partial charge in [0, 0.05) is 18.9 Å². The second kappa shape index (κ2) is 9.79. The van der Waals surface area contributed by atoms with Gasteiger partial charge < -0.3 is 4.74 Å². The summed E-state index contributed by atoms with van der Waals surface area (Å²) < 4.78 is 111. The molecule has 0 radical (unpaired) electrons. The van der Waals surface area contributed by atoms with E-state index in [-0.39, 0.29) is 28.7 Å². The molecule has 1 aliphatic rings. The minimum absolute atomic E-state index is 0.000547. The van der Waals surface area contributed by atoms with Crippen molar-refractivity contribution in [2.75, 3.05) is 12.9 Å². The highest BCUT2D eigenvalue weighted by Gasteiger charge is 2.65. The van der Waals surface area contributed by atoms with Crippen molar-refractivity contribution >= 4 is 21.5 Å². The predicted molar refractivity (Wildman–Crippen MR) is 120 cm³/mol. The van der Waals surface area contributed by atoms with E-state index in [2.05, 4.69) is 0 Å². The number of carbonyl (C=O) groups is 1. The van der Waals surface area contributed by atoms with Crippen LogP contribution in [0.5, 0.6) is 5.75 Å². The van der Waals surface area contributed by atoms with Crippen LogP contribution in [0.1, 0.15) is 36.0 Å². The highest BCUT2D eigenvalue weighted by Crippen LogP contribution is 2.53. The molecule has 36 heavy (non-hydrogen) atoms. The van der Waals surface area contributed by atoms with Crippen molar-refractivity contribution in [3.63, 3.8) is 0 Å². The zero-order valence-corrected chi connectivity index (χ0v) is 20.1. The molecule has 0 spiro atoms. The highest BCUT2D eigenvalue weighted by atomic mass is 32.2. The maximum atomic E-state index is 14.8. The van der Waals surface area contributed by atoms with Crippen LogP contribution in [0.2, 0.25) is 0 Å². The number of carbonyl (C=O) groups excluding carboxylic acids is 1. The van der Waals surface area contributed by atoms with Crippen molar-refractivity contribution in [1.29, 1.82) is 0 Å². The third-order valence-electron chi connectivity index (χ3n) is 5.72. The first-order valence-corrected chi connectivity index (χ1v) is 12.6. The van der Waals surface area contributed by atoms with E-state index in [1.165, 1.54) is 0 Å². The molecule has 2 aromatic carbocycles. The molecule has 1 atom stereocenters. The first-order valence-electron chi connectivity index (χ1n) is 10.7. The minimum Gasteiger partial charge on any atom is -0.494 e. The summed E-state index contributed by atoms with van der Waals surface area (Å²) in [6.07, 6.45) is -10.5. The van der Waals surface area contributed by atoms with E-state index in [9.17, 15) is 39.6 Å². The summed E-state index contributed by atoms with van der Waals surface area (Å²) in [5.74, 6) is -1.34. The van der Waals surface area contributed by atoms with E-state index in [0.717, 1.165) is 35.9 Å². The second-order valence-corrected chi connectivity index (χ2v) is 10.4. The average molecular weight is 536 g/mol. The third kappa shape index (κ3) is 5.85. The summed E-state index contributed by atoms with van der Waals surface area (Å²) in [7, 11) is -4.69. The van der Waals surface area contributed by atoms with E-state index in [1.807, 2.05) is 0 Å². The van der Waals surface area contributed by atoms with Gasteiger partial charge in [0.15, 0.2) is 5.54 Å². The molecule has 0 N–H and O–H groups in total. The predicted octanol–water partition coefficient (Wildman–Crippen LogP) is 5.75. The van der Waals surface area contributed by atoms with Gasteiger partial charge in [-0.2, -0.15) is 26.3 Å². The Bertz CT molecular complexity index is 1240. The van der Waals surface area contributed by atoms with Gasteiger partial charge in [-0.05, 0) is 42.2 Å². The van der Waals surface area contributed by atoms with Crippen molar-refractivity contribution in [2.24, 2.45) is 0 Å². The Morgan fingerprint density at radius 2 is 1.56 bits per heavy atom. The van der Waals surface area contributed by atoms with E-state index >= 15 is 0 Å². The molecule has 2 aromatic rings. The summed E-state index contributed by atoms with van der Waals surface area (Å²) in [5.41, 5.74) is -2.60. The Kier molecular flexibility index (Phi) is 7.50. The topological polar surface area (TPSA) is 63.7 Å². The zero-order valence-electron chi connectivity index (χ0n) is 19.3. The van der Waals surface area contributed by atoms with Crippen LogP contribution >= 0.6 is 0 Å². The lowest BCUT2D eigenvalue weighted by Crippen LogP contribution is -2.61. The van der Waals surface area contributed by atoms with Gasteiger partial charge >= 0.3 is 12.4 Å². The van der Waals surface area contributed by atoms with Crippen LogP contribution in [-0.4, -0.2) is 43.8 Å². The van der Waals surface area contributed by atoms with Crippen molar-refractivity contribution in [3.05, 3.63) is 71.3 Å². The van der Waals surface area contributed by atoms with Crippen LogP contribution in [0.15, 0.2) is 54.6 Å². The summed E-state index contributed by atoms with van der Waals surface area (Å²) in [6.45, 7) is 1.46. The van der Waals surface area contributed by atoms with Gasteiger partial charge in [-0.15, -0.1) is 0 Å². The van der Waals surface area contributed by atoms with Crippen LogP contribution in [0, 0.1) is 6.92 Å². The molecule has 0 unspecified atom stereocenters. The molecular formula is C24H23F6NO4S. The number of aryl methyl sites for hydroxylation is 1. The average Bonchev–Trinajstić information content (AvgIpc) is 2.74. The number of halogens is 6. The first-order chi connectivity index (χ1) is 16.5. The zero-order chi connectivity index (χ0) is 26.9. The maximum Gasteiger partial charge on any atom is 0.417 e. The van der Waals surface area contributed by atoms with Crippen LogP contribution in [-0.2, 0) is 20.4 Å². The number of alkyl halides is 6. The van der Waals surface area contributed by atoms with Crippen molar-refractivity contribution in [1.82, 2.24) is 4.31 Å². The van der Waals surface area contributed by atoms with Gasteiger partial charge in [-0.3, -0.25) is 4.79 Å². The van der Waals surface area contributed by atoms with Gasteiger partial charge in [0.2, 0.25) is 10.0 Å². The number of amides is 1. The van der Waals surface area contributed by atoms with E-state index in [4.69, 9.17) is 4.74 Å². The Morgan fingerprint density at radius 1 is 0.972 bits per heavy atom. The Hall–Kier alpha value is -3.02. The molecule has 0 aromatic heterocycles. The number of benzene rings is 2. The number of sulfonamides is 1. The number of hydrogen-bond donors (Lipinski definition) is 0. The number of nitrogens with zero attached hydrogens (tertiary/aromatic N) is 1. The van der Waals surface area contributed by atoms with Gasteiger partial charge in [0.1, 0.15) is 5.75 Å². The largest absolute Gasteiger partial charge is 0.494 e. The molecule has 1 aliphatic heterocycles. The molecule has 3 rings (SSSR count). The lowest BCUT2D eigenvalue weighted by molar-refractivity contribution is -0.221. The number of hydrogen-bond acceptors (Lipinski definition) is 4. The second-order valence-electron chi connectivity index (χ2n) is 8.53. The molecule has 5 nitrogen and oxygen atoms in total. The summed E-state index contributed by atoms with van der Waals surface area (Å²) in [5, 5.41) is 0. The molecule has 1 amide bonds. The van der Waals surface area contributed by atoms with Crippen molar-refractivity contribution in [3.8, 4) is 5.75 Å². The molecule has 0 saturated carbocycles. The Balaban J connectivity index is 2.05. The lowest BCUT2D eigenvalue weighted by Gasteiger charge is -2.46. The third-order valence-corrected chi connectivity index (χ3v) is 6.87. The molecule has 196 valence electrons. The van der Waals surface area contributed by atoms with E-state index in [0.29, 0.717) is 11.8 Å². The summed E-state index contributed by atoms with van der Waals surface area (Å²) >= 11 is 0. The fourth-order valence-corrected chi connectivity index (χ4v) is 5.30. The highest BCUT2D eigenvalue weighted by molar-refractivity contribution is 7.89. The molecule has 1 heterocycles. The summed E-state index contributed by atoms with van der Waals surface area (Å²) in [4.78, 5) is 12.9.